The smallest absolute Gasteiger partial charge is 0.324 e. The number of hydrogen-bond donors (Lipinski definition) is 2. The standard InChI is InChI=1S/C23H18N4O5S/c28-21-12-13-26(20-11-4-3-10-19(20)24-21)33(31,32)16-7-5-6-15(14-16)27-22(29)17-8-1-2-9-18(17)25-23(27)30/h1-11,14H,12-13H2,(H,24,28)(H,25,30). The van der Waals surface area contributed by atoms with E-state index in [1.807, 2.05) is 0 Å². The average molecular weight is 462 g/mol. The largest absolute Gasteiger partial charge is 0.333 e. The van der Waals surface area contributed by atoms with Gasteiger partial charge in [0.1, 0.15) is 0 Å². The van der Waals surface area contributed by atoms with E-state index in [9.17, 15) is 22.8 Å². The summed E-state index contributed by atoms with van der Waals surface area (Å²) in [6.45, 7) is -0.0497. The molecule has 166 valence electrons. The first-order valence-electron chi connectivity index (χ1n) is 10.1. The van der Waals surface area contributed by atoms with E-state index in [1.54, 1.807) is 48.5 Å². The Kier molecular flexibility index (Phi) is 4.86. The molecule has 0 radical (unpaired) electrons. The second-order valence-corrected chi connectivity index (χ2v) is 9.37. The second-order valence-electron chi connectivity index (χ2n) is 7.51. The van der Waals surface area contributed by atoms with Crippen molar-refractivity contribution in [2.24, 2.45) is 0 Å². The maximum atomic E-state index is 13.6. The fourth-order valence-electron chi connectivity index (χ4n) is 3.89. The first-order chi connectivity index (χ1) is 15.9. The minimum absolute atomic E-state index is 0.0165. The highest BCUT2D eigenvalue weighted by Gasteiger charge is 2.30. The molecule has 0 aliphatic carbocycles. The molecular weight excluding hydrogens is 444 g/mol. The van der Waals surface area contributed by atoms with Gasteiger partial charge in [0.15, 0.2) is 0 Å². The van der Waals surface area contributed by atoms with Crippen LogP contribution < -0.4 is 20.9 Å². The molecule has 9 nitrogen and oxygen atoms in total. The van der Waals surface area contributed by atoms with Gasteiger partial charge in [-0.1, -0.05) is 30.3 Å². The van der Waals surface area contributed by atoms with Crippen molar-refractivity contribution >= 4 is 38.2 Å². The fraction of sp³-hybridized carbons (Fsp3) is 0.0870. The van der Waals surface area contributed by atoms with Crippen LogP contribution in [0.25, 0.3) is 16.6 Å². The Morgan fingerprint density at radius 3 is 2.45 bits per heavy atom. The molecule has 1 aliphatic rings. The third-order valence-electron chi connectivity index (χ3n) is 5.46. The maximum Gasteiger partial charge on any atom is 0.333 e. The number of carbonyl (C=O) groups is 1. The van der Waals surface area contributed by atoms with Crippen molar-refractivity contribution in [1.82, 2.24) is 9.55 Å². The SMILES string of the molecule is O=C1CCN(S(=O)(=O)c2cccc(-n3c(=O)[nH]c4ccccc4c3=O)c2)c2ccccc2N1. The number of aromatic amines is 1. The molecule has 0 atom stereocenters. The van der Waals surface area contributed by atoms with Crippen molar-refractivity contribution in [3.05, 3.63) is 93.6 Å². The van der Waals surface area contributed by atoms with Crippen LogP contribution in [0.4, 0.5) is 11.4 Å². The van der Waals surface area contributed by atoms with Gasteiger partial charge in [0.2, 0.25) is 5.91 Å². The van der Waals surface area contributed by atoms with E-state index in [-0.39, 0.29) is 29.5 Å². The Morgan fingerprint density at radius 1 is 0.848 bits per heavy atom. The zero-order valence-corrected chi connectivity index (χ0v) is 18.0. The number of H-pyrrole nitrogens is 1. The lowest BCUT2D eigenvalue weighted by Crippen LogP contribution is -2.34. The van der Waals surface area contributed by atoms with Crippen molar-refractivity contribution in [1.29, 1.82) is 0 Å². The van der Waals surface area contributed by atoms with Gasteiger partial charge in [0, 0.05) is 13.0 Å². The minimum Gasteiger partial charge on any atom is -0.324 e. The lowest BCUT2D eigenvalue weighted by molar-refractivity contribution is -0.115. The maximum absolute atomic E-state index is 13.6. The van der Waals surface area contributed by atoms with Crippen molar-refractivity contribution in [2.75, 3.05) is 16.2 Å². The lowest BCUT2D eigenvalue weighted by Gasteiger charge is -2.24. The summed E-state index contributed by atoms with van der Waals surface area (Å²) >= 11 is 0. The quantitative estimate of drug-likeness (QED) is 0.484. The number of amides is 1. The number of anilines is 2. The first kappa shape index (κ1) is 20.7. The van der Waals surface area contributed by atoms with E-state index in [0.717, 1.165) is 8.87 Å². The topological polar surface area (TPSA) is 121 Å². The van der Waals surface area contributed by atoms with Gasteiger partial charge in [-0.25, -0.2) is 17.8 Å². The number of nitrogens with one attached hydrogen (secondary N) is 2. The number of rotatable bonds is 3. The Balaban J connectivity index is 1.65. The molecule has 0 spiro atoms. The Labute approximate surface area is 188 Å². The zero-order chi connectivity index (χ0) is 23.2. The molecule has 0 saturated heterocycles. The van der Waals surface area contributed by atoms with Crippen LogP contribution in [0.2, 0.25) is 0 Å². The fourth-order valence-corrected chi connectivity index (χ4v) is 5.41. The molecule has 2 N–H and O–H groups in total. The summed E-state index contributed by atoms with van der Waals surface area (Å²) in [7, 11) is -4.11. The van der Waals surface area contributed by atoms with Gasteiger partial charge in [0.05, 0.1) is 32.9 Å². The number of sulfonamides is 1. The predicted octanol–water partition coefficient (Wildman–Crippen LogP) is 2.22. The lowest BCUT2D eigenvalue weighted by atomic mass is 10.2. The first-order valence-corrected chi connectivity index (χ1v) is 11.6. The Morgan fingerprint density at radius 2 is 1.61 bits per heavy atom. The van der Waals surface area contributed by atoms with Gasteiger partial charge in [-0.15, -0.1) is 0 Å². The molecule has 2 heterocycles. The molecule has 33 heavy (non-hydrogen) atoms. The number of aromatic nitrogens is 2. The monoisotopic (exact) mass is 462 g/mol. The van der Waals surface area contributed by atoms with E-state index in [4.69, 9.17) is 0 Å². The van der Waals surface area contributed by atoms with E-state index in [1.165, 1.54) is 24.3 Å². The molecule has 1 aliphatic heterocycles. The van der Waals surface area contributed by atoms with Crippen molar-refractivity contribution in [3.63, 3.8) is 0 Å². The number of carbonyl (C=O) groups excluding carboxylic acids is 1. The van der Waals surface area contributed by atoms with E-state index >= 15 is 0 Å². The van der Waals surface area contributed by atoms with E-state index in [2.05, 4.69) is 10.3 Å². The molecule has 0 saturated carbocycles. The molecule has 10 heteroatoms. The number of benzene rings is 3. The van der Waals surface area contributed by atoms with Crippen LogP contribution in [0.5, 0.6) is 0 Å². The van der Waals surface area contributed by atoms with Crippen LogP contribution in [-0.4, -0.2) is 30.4 Å². The van der Waals surface area contributed by atoms with Gasteiger partial charge in [-0.2, -0.15) is 0 Å². The zero-order valence-electron chi connectivity index (χ0n) is 17.2. The third-order valence-corrected chi connectivity index (χ3v) is 7.27. The molecule has 5 rings (SSSR count). The van der Waals surface area contributed by atoms with Crippen LogP contribution in [0, 0.1) is 0 Å². The highest BCUT2D eigenvalue weighted by molar-refractivity contribution is 7.92. The summed E-state index contributed by atoms with van der Waals surface area (Å²) in [5.74, 6) is -0.289. The third kappa shape index (κ3) is 3.50. The van der Waals surface area contributed by atoms with Gasteiger partial charge >= 0.3 is 5.69 Å². The molecule has 1 amide bonds. The van der Waals surface area contributed by atoms with Crippen LogP contribution in [0.1, 0.15) is 6.42 Å². The highest BCUT2D eigenvalue weighted by atomic mass is 32.2. The molecule has 1 aromatic heterocycles. The Hall–Kier alpha value is -4.18. The number of para-hydroxylation sites is 3. The van der Waals surface area contributed by atoms with E-state index < -0.39 is 21.3 Å². The van der Waals surface area contributed by atoms with Gasteiger partial charge in [-0.3, -0.25) is 13.9 Å². The number of hydrogen-bond acceptors (Lipinski definition) is 5. The van der Waals surface area contributed by atoms with Crippen LogP contribution in [0.3, 0.4) is 0 Å². The molecule has 0 unspecified atom stereocenters. The second kappa shape index (κ2) is 7.75. The molecular formula is C23H18N4O5S. The Bertz CT molecular complexity index is 1640. The summed E-state index contributed by atoms with van der Waals surface area (Å²) in [6, 6.07) is 18.9. The average Bonchev–Trinajstić information content (AvgIpc) is 2.98. The predicted molar refractivity (Wildman–Crippen MR) is 124 cm³/mol. The number of fused-ring (bicyclic) bond motifs is 2. The van der Waals surface area contributed by atoms with Gasteiger partial charge in [-0.05, 0) is 42.5 Å². The molecule has 0 bridgehead atoms. The molecule has 3 aromatic carbocycles. The van der Waals surface area contributed by atoms with E-state index in [0.29, 0.717) is 22.3 Å². The summed E-state index contributed by atoms with van der Waals surface area (Å²) in [4.78, 5) is 40.3. The number of nitrogens with zero attached hydrogens (tertiary/aromatic N) is 2. The minimum atomic E-state index is -4.11. The van der Waals surface area contributed by atoms with Crippen molar-refractivity contribution < 1.29 is 13.2 Å². The highest BCUT2D eigenvalue weighted by Crippen LogP contribution is 2.33. The summed E-state index contributed by atoms with van der Waals surface area (Å²) in [5.41, 5.74) is 0.00891. The molecule has 0 fully saturated rings. The van der Waals surface area contributed by atoms with Crippen LogP contribution in [-0.2, 0) is 14.8 Å². The normalized spacial score (nSPS) is 13.9. The summed E-state index contributed by atoms with van der Waals surface area (Å²) in [5, 5.41) is 3.01. The van der Waals surface area contributed by atoms with Crippen LogP contribution >= 0.6 is 0 Å². The molecule has 4 aromatic rings. The van der Waals surface area contributed by atoms with Gasteiger partial charge in [0.25, 0.3) is 15.6 Å². The van der Waals surface area contributed by atoms with Crippen LogP contribution in [0.15, 0.2) is 87.3 Å². The van der Waals surface area contributed by atoms with Gasteiger partial charge < -0.3 is 10.3 Å². The van der Waals surface area contributed by atoms with Crippen molar-refractivity contribution in [2.45, 2.75) is 11.3 Å². The van der Waals surface area contributed by atoms with Crippen molar-refractivity contribution in [3.8, 4) is 5.69 Å². The summed E-state index contributed by atoms with van der Waals surface area (Å²) in [6.07, 6.45) is -0.0165. The summed E-state index contributed by atoms with van der Waals surface area (Å²) < 4.78 is 29.2.